The summed E-state index contributed by atoms with van der Waals surface area (Å²) < 4.78 is 5.09. The Morgan fingerprint density at radius 2 is 1.85 bits per heavy atom. The molecule has 0 unspecified atom stereocenters. The summed E-state index contributed by atoms with van der Waals surface area (Å²) in [6, 6.07) is 7.00. The van der Waals surface area contributed by atoms with E-state index in [9.17, 15) is 9.59 Å². The molecule has 6 heteroatoms. The van der Waals surface area contributed by atoms with E-state index in [1.165, 1.54) is 6.07 Å². The smallest absolute Gasteiger partial charge is 0.248 e. The minimum Gasteiger partial charge on any atom is -0.496 e. The summed E-state index contributed by atoms with van der Waals surface area (Å²) >= 11 is 0. The normalized spacial score (nSPS) is 20.7. The highest BCUT2D eigenvalue weighted by molar-refractivity contribution is 5.94. The highest BCUT2D eigenvalue weighted by Crippen LogP contribution is 2.52. The lowest BCUT2D eigenvalue weighted by molar-refractivity contribution is -0.00478. The van der Waals surface area contributed by atoms with Crippen LogP contribution in [0.25, 0.3) is 0 Å². The maximum Gasteiger partial charge on any atom is 0.248 e. The van der Waals surface area contributed by atoms with Crippen LogP contribution in [0.1, 0.15) is 68.7 Å². The maximum absolute atomic E-state index is 12.6. The van der Waals surface area contributed by atoms with Crippen LogP contribution >= 0.6 is 0 Å². The van der Waals surface area contributed by atoms with Gasteiger partial charge >= 0.3 is 0 Å². The van der Waals surface area contributed by atoms with E-state index in [2.05, 4.69) is 49.6 Å². The van der Waals surface area contributed by atoms with Crippen molar-refractivity contribution in [2.75, 3.05) is 7.11 Å². The van der Waals surface area contributed by atoms with Gasteiger partial charge in [0.25, 0.3) is 0 Å². The molecule has 0 amide bonds. The number of carbonyl (C=O) groups is 1. The summed E-state index contributed by atoms with van der Waals surface area (Å²) in [6.07, 6.45) is 5.98. The zero-order valence-electron chi connectivity index (χ0n) is 21.1. The quantitative estimate of drug-likeness (QED) is 0.586. The summed E-state index contributed by atoms with van der Waals surface area (Å²) in [4.78, 5) is 30.8. The number of nitrogens with zero attached hydrogens (tertiary/aromatic N) is 1. The van der Waals surface area contributed by atoms with Crippen molar-refractivity contribution in [2.24, 2.45) is 16.7 Å². The van der Waals surface area contributed by atoms with Gasteiger partial charge in [-0.05, 0) is 61.8 Å². The Morgan fingerprint density at radius 3 is 2.36 bits per heavy atom. The number of carbonyl (C=O) groups excluding carboxylic acids is 1. The fourth-order valence-electron chi connectivity index (χ4n) is 5.27. The van der Waals surface area contributed by atoms with Crippen LogP contribution in [0.15, 0.2) is 48.0 Å². The van der Waals surface area contributed by atoms with Crippen molar-refractivity contribution in [3.8, 4) is 5.75 Å². The molecule has 0 aliphatic heterocycles. The Balaban J connectivity index is 0.000000321. The van der Waals surface area contributed by atoms with Crippen LogP contribution in [0, 0.1) is 30.6 Å². The Hall–Kier alpha value is -2.89. The van der Waals surface area contributed by atoms with Crippen LogP contribution in [0.2, 0.25) is 0 Å². The van der Waals surface area contributed by atoms with E-state index >= 15 is 0 Å². The van der Waals surface area contributed by atoms with Crippen LogP contribution in [-0.2, 0) is 0 Å². The van der Waals surface area contributed by atoms with Gasteiger partial charge in [0.15, 0.2) is 5.78 Å². The minimum atomic E-state index is -0.228. The summed E-state index contributed by atoms with van der Waals surface area (Å²) in [5, 5.41) is 3.34. The van der Waals surface area contributed by atoms with Gasteiger partial charge in [0.2, 0.25) is 5.56 Å². The highest BCUT2D eigenvalue weighted by Gasteiger charge is 2.47. The van der Waals surface area contributed by atoms with Gasteiger partial charge in [-0.1, -0.05) is 40.3 Å². The Morgan fingerprint density at radius 1 is 1.21 bits per heavy atom. The Bertz CT molecular complexity index is 1010. The molecule has 180 valence electrons. The van der Waals surface area contributed by atoms with Crippen molar-refractivity contribution in [1.82, 2.24) is 15.3 Å². The largest absolute Gasteiger partial charge is 0.496 e. The first kappa shape index (κ1) is 26.4. The molecular formula is C27H39N3O3. The average Bonchev–Trinajstić information content (AvgIpc) is 2.73. The summed E-state index contributed by atoms with van der Waals surface area (Å²) in [7, 11) is 1.67. The number of ether oxygens (including phenoxy) is 1. The van der Waals surface area contributed by atoms with E-state index in [1.54, 1.807) is 31.6 Å². The third-order valence-electron chi connectivity index (χ3n) is 6.87. The third-order valence-corrected chi connectivity index (χ3v) is 6.87. The van der Waals surface area contributed by atoms with Crippen LogP contribution < -0.4 is 15.6 Å². The van der Waals surface area contributed by atoms with Crippen molar-refractivity contribution in [3.63, 3.8) is 0 Å². The monoisotopic (exact) mass is 453 g/mol. The molecule has 6 nitrogen and oxygen atoms in total. The first-order valence-electron chi connectivity index (χ1n) is 11.5. The van der Waals surface area contributed by atoms with E-state index in [0.29, 0.717) is 18.2 Å². The summed E-state index contributed by atoms with van der Waals surface area (Å²) in [5.41, 5.74) is 2.40. The fraction of sp³-hybridized carbons (Fsp3) is 0.519. The van der Waals surface area contributed by atoms with Gasteiger partial charge in [-0.2, -0.15) is 0 Å². The number of methoxy groups -OCH3 is 1. The standard InChI is InChI=1S/C19H28N2O2.C8H11NO/c1-6-20-13-11-18(2,3)16(19(4,5)12-13)10-15(22)14-8-7-9-17(23)21-14;1-6-7(2)9-5-4-8(6)10-3/h6-9,13,16,20H,1,10-12H2,2-5H3,(H,21,23);4-5H,1-3H3. The van der Waals surface area contributed by atoms with Crippen molar-refractivity contribution in [1.29, 1.82) is 0 Å². The second-order valence-electron chi connectivity index (χ2n) is 10.3. The lowest BCUT2D eigenvalue weighted by atomic mass is 9.54. The van der Waals surface area contributed by atoms with Gasteiger partial charge in [-0.3, -0.25) is 14.6 Å². The number of ketones is 1. The second-order valence-corrected chi connectivity index (χ2v) is 10.3. The molecule has 0 atom stereocenters. The van der Waals surface area contributed by atoms with E-state index < -0.39 is 0 Å². The molecule has 0 saturated heterocycles. The highest BCUT2D eigenvalue weighted by atomic mass is 16.5. The van der Waals surface area contributed by atoms with Crippen LogP contribution in [-0.4, -0.2) is 28.9 Å². The summed E-state index contributed by atoms with van der Waals surface area (Å²) in [5.74, 6) is 1.19. The number of H-pyrrole nitrogens is 1. The van der Waals surface area contributed by atoms with E-state index in [0.717, 1.165) is 29.8 Å². The van der Waals surface area contributed by atoms with Crippen molar-refractivity contribution >= 4 is 5.78 Å². The summed E-state index contributed by atoms with van der Waals surface area (Å²) in [6.45, 7) is 16.7. The van der Waals surface area contributed by atoms with Crippen LogP contribution in [0.5, 0.6) is 5.75 Å². The first-order valence-corrected chi connectivity index (χ1v) is 11.5. The topological polar surface area (TPSA) is 84.1 Å². The van der Waals surface area contributed by atoms with Gasteiger partial charge in [0.1, 0.15) is 5.75 Å². The number of hydrogen-bond donors (Lipinski definition) is 2. The molecule has 1 saturated carbocycles. The number of aromatic amines is 1. The number of nitrogens with one attached hydrogen (secondary N) is 2. The van der Waals surface area contributed by atoms with E-state index in [-0.39, 0.29) is 28.1 Å². The number of rotatable bonds is 6. The van der Waals surface area contributed by atoms with Gasteiger partial charge in [-0.25, -0.2) is 0 Å². The predicted octanol–water partition coefficient (Wildman–Crippen LogP) is 5.22. The molecule has 0 spiro atoms. The average molecular weight is 454 g/mol. The number of hydrogen-bond acceptors (Lipinski definition) is 5. The number of aryl methyl sites for hydroxylation is 1. The number of aromatic nitrogens is 2. The molecule has 2 N–H and O–H groups in total. The van der Waals surface area contributed by atoms with Crippen molar-refractivity contribution in [3.05, 3.63) is 70.5 Å². The maximum atomic E-state index is 12.6. The number of pyridine rings is 2. The van der Waals surface area contributed by atoms with Crippen LogP contribution in [0.3, 0.4) is 0 Å². The lowest BCUT2D eigenvalue weighted by Crippen LogP contribution is -2.49. The molecule has 0 radical (unpaired) electrons. The van der Waals surface area contributed by atoms with E-state index in [1.807, 2.05) is 19.9 Å². The van der Waals surface area contributed by atoms with Crippen LogP contribution in [0.4, 0.5) is 0 Å². The van der Waals surface area contributed by atoms with Crippen molar-refractivity contribution < 1.29 is 9.53 Å². The Labute approximate surface area is 197 Å². The molecule has 2 aromatic rings. The molecule has 2 aromatic heterocycles. The zero-order chi connectivity index (χ0) is 24.8. The van der Waals surface area contributed by atoms with Gasteiger partial charge in [-0.15, -0.1) is 0 Å². The van der Waals surface area contributed by atoms with Gasteiger partial charge in [0.05, 0.1) is 12.8 Å². The predicted molar refractivity (Wildman–Crippen MR) is 134 cm³/mol. The molecule has 1 fully saturated rings. The molecular weight excluding hydrogens is 414 g/mol. The zero-order valence-corrected chi connectivity index (χ0v) is 21.1. The fourth-order valence-corrected chi connectivity index (χ4v) is 5.27. The molecule has 2 heterocycles. The minimum absolute atomic E-state index is 0.0176. The number of Topliss-reactive ketones (excluding diaryl/α,β-unsaturated/α-hetero) is 1. The lowest BCUT2D eigenvalue weighted by Gasteiger charge is -2.52. The molecule has 0 bridgehead atoms. The van der Waals surface area contributed by atoms with Gasteiger partial charge in [0, 0.05) is 36.0 Å². The SMILES string of the molecule is C=CNC1CC(C)(C)C(CC(=O)c2cccc(=O)[nH]2)C(C)(C)C1.COc1ccnc(C)c1C. The van der Waals surface area contributed by atoms with Crippen molar-refractivity contribution in [2.45, 2.75) is 66.8 Å². The molecule has 33 heavy (non-hydrogen) atoms. The molecule has 1 aliphatic rings. The Kier molecular flexibility index (Phi) is 8.64. The second kappa shape index (κ2) is 10.8. The third kappa shape index (κ3) is 6.80. The molecule has 0 aromatic carbocycles. The first-order chi connectivity index (χ1) is 15.4. The molecule has 3 rings (SSSR count). The van der Waals surface area contributed by atoms with Gasteiger partial charge < -0.3 is 15.0 Å². The van der Waals surface area contributed by atoms with E-state index in [4.69, 9.17) is 4.74 Å². The molecule has 1 aliphatic carbocycles.